The zero-order valence-electron chi connectivity index (χ0n) is 20.5. The second kappa shape index (κ2) is 9.03. The van der Waals surface area contributed by atoms with Crippen LogP contribution in [0.15, 0.2) is 59.1 Å². The van der Waals surface area contributed by atoms with Crippen LogP contribution >= 0.6 is 11.6 Å². The fraction of sp³-hybridized carbons (Fsp3) is 0.393. The quantitative estimate of drug-likeness (QED) is 0.353. The number of fused-ring (bicyclic) bond motifs is 2. The van der Waals surface area contributed by atoms with Gasteiger partial charge < -0.3 is 0 Å². The lowest BCUT2D eigenvalue weighted by Crippen LogP contribution is -2.41. The Kier molecular flexibility index (Phi) is 6.05. The standard InChI is InChI=1S/C28H28ClF2N3O2S/c1-28-14-19-15-32-34(24-9-6-22(30)7-10-24)26(19)12-20(28)4-5-21(28)17-33(16-18-2-3-18)37(35,36)27-11-8-23(31)13-25(27)29/h6-13,15,18,21H,2-5,14,16-17H2,1H3/t21-,28+/m1/s1. The predicted octanol–water partition coefficient (Wildman–Crippen LogP) is 6.26. The normalized spacial score (nSPS) is 23.2. The number of hydrogen-bond acceptors (Lipinski definition) is 3. The third-order valence-corrected chi connectivity index (χ3v) is 10.6. The molecule has 0 N–H and O–H groups in total. The molecule has 0 aliphatic heterocycles. The highest BCUT2D eigenvalue weighted by Crippen LogP contribution is 2.53. The summed E-state index contributed by atoms with van der Waals surface area (Å²) in [7, 11) is -3.88. The van der Waals surface area contributed by atoms with Gasteiger partial charge in [0, 0.05) is 13.1 Å². The van der Waals surface area contributed by atoms with E-state index < -0.39 is 15.8 Å². The van der Waals surface area contributed by atoms with E-state index >= 15 is 0 Å². The lowest BCUT2D eigenvalue weighted by Gasteiger charge is -2.38. The van der Waals surface area contributed by atoms with Gasteiger partial charge in [0.2, 0.25) is 10.0 Å². The van der Waals surface area contributed by atoms with Crippen molar-refractivity contribution >= 4 is 27.7 Å². The van der Waals surface area contributed by atoms with Crippen molar-refractivity contribution in [1.29, 1.82) is 0 Å². The smallest absolute Gasteiger partial charge is 0.233 e. The molecule has 194 valence electrons. The van der Waals surface area contributed by atoms with Gasteiger partial charge in [-0.2, -0.15) is 9.40 Å². The van der Waals surface area contributed by atoms with E-state index in [4.69, 9.17) is 11.6 Å². The number of rotatable bonds is 7. The van der Waals surface area contributed by atoms with Crippen LogP contribution in [0.2, 0.25) is 5.02 Å². The van der Waals surface area contributed by atoms with Crippen molar-refractivity contribution in [3.63, 3.8) is 0 Å². The molecular weight excluding hydrogens is 516 g/mol. The van der Waals surface area contributed by atoms with Gasteiger partial charge in [-0.25, -0.2) is 21.9 Å². The third kappa shape index (κ3) is 4.43. The minimum atomic E-state index is -3.88. The van der Waals surface area contributed by atoms with Crippen LogP contribution in [-0.2, 0) is 16.4 Å². The summed E-state index contributed by atoms with van der Waals surface area (Å²) in [6, 6.07) is 9.76. The number of benzene rings is 2. The minimum Gasteiger partial charge on any atom is -0.233 e. The van der Waals surface area contributed by atoms with Gasteiger partial charge in [-0.15, -0.1) is 0 Å². The first-order valence-corrected chi connectivity index (χ1v) is 14.5. The maximum absolute atomic E-state index is 13.7. The predicted molar refractivity (Wildman–Crippen MR) is 139 cm³/mol. The Hall–Kier alpha value is -2.55. The topological polar surface area (TPSA) is 55.2 Å². The molecule has 2 atom stereocenters. The van der Waals surface area contributed by atoms with Crippen LogP contribution in [-0.4, -0.2) is 35.6 Å². The van der Waals surface area contributed by atoms with Gasteiger partial charge in [-0.3, -0.25) is 0 Å². The summed E-state index contributed by atoms with van der Waals surface area (Å²) in [4.78, 5) is -0.0402. The van der Waals surface area contributed by atoms with E-state index in [0.717, 1.165) is 61.2 Å². The molecule has 0 radical (unpaired) electrons. The van der Waals surface area contributed by atoms with Gasteiger partial charge in [0.05, 0.1) is 22.6 Å². The van der Waals surface area contributed by atoms with Gasteiger partial charge in [0.25, 0.3) is 0 Å². The zero-order valence-corrected chi connectivity index (χ0v) is 22.1. The summed E-state index contributed by atoms with van der Waals surface area (Å²) in [5, 5.41) is 4.50. The fourth-order valence-electron chi connectivity index (χ4n) is 5.94. The fourth-order valence-corrected chi connectivity index (χ4v) is 8.01. The Balaban J connectivity index is 1.30. The minimum absolute atomic E-state index is 0.0402. The van der Waals surface area contributed by atoms with Crippen molar-refractivity contribution in [3.05, 3.63) is 82.1 Å². The average Bonchev–Trinajstić information content (AvgIpc) is 3.50. The molecule has 1 heterocycles. The van der Waals surface area contributed by atoms with Gasteiger partial charge in [0.1, 0.15) is 16.5 Å². The molecule has 1 aromatic heterocycles. The summed E-state index contributed by atoms with van der Waals surface area (Å²) in [5.41, 5.74) is 3.99. The molecule has 0 spiro atoms. The lowest BCUT2D eigenvalue weighted by atomic mass is 9.70. The molecule has 0 unspecified atom stereocenters. The van der Waals surface area contributed by atoms with E-state index in [0.29, 0.717) is 19.0 Å². The molecule has 3 aliphatic carbocycles. The molecule has 2 fully saturated rings. The van der Waals surface area contributed by atoms with Gasteiger partial charge in [-0.1, -0.05) is 24.1 Å². The van der Waals surface area contributed by atoms with Crippen LogP contribution in [0.3, 0.4) is 0 Å². The first kappa shape index (κ1) is 24.8. The van der Waals surface area contributed by atoms with Crippen molar-refractivity contribution < 1.29 is 17.2 Å². The number of sulfonamides is 1. The van der Waals surface area contributed by atoms with Gasteiger partial charge >= 0.3 is 0 Å². The summed E-state index contributed by atoms with van der Waals surface area (Å²) in [6.45, 7) is 3.07. The van der Waals surface area contributed by atoms with Crippen molar-refractivity contribution in [2.45, 2.75) is 43.9 Å². The molecule has 0 amide bonds. The maximum atomic E-state index is 13.7. The van der Waals surface area contributed by atoms with E-state index in [-0.39, 0.29) is 27.1 Å². The number of aromatic nitrogens is 2. The van der Waals surface area contributed by atoms with Crippen molar-refractivity contribution in [1.82, 2.24) is 14.1 Å². The van der Waals surface area contributed by atoms with Crippen LogP contribution < -0.4 is 0 Å². The second-order valence-corrected chi connectivity index (χ2v) is 13.1. The number of hydrogen-bond donors (Lipinski definition) is 0. The van der Waals surface area contributed by atoms with Crippen LogP contribution in [0.1, 0.15) is 43.9 Å². The molecule has 2 aromatic carbocycles. The Bertz CT molecular complexity index is 1500. The van der Waals surface area contributed by atoms with E-state index in [9.17, 15) is 17.2 Å². The molecule has 3 aromatic rings. The Morgan fingerprint density at radius 1 is 1.08 bits per heavy atom. The van der Waals surface area contributed by atoms with Crippen molar-refractivity contribution in [2.75, 3.05) is 13.1 Å². The molecule has 3 aliphatic rings. The van der Waals surface area contributed by atoms with Crippen molar-refractivity contribution in [2.24, 2.45) is 17.3 Å². The highest BCUT2D eigenvalue weighted by atomic mass is 35.5. The number of allylic oxidation sites excluding steroid dienone is 1. The molecule has 2 saturated carbocycles. The Labute approximate surface area is 220 Å². The van der Waals surface area contributed by atoms with Crippen LogP contribution in [0.4, 0.5) is 8.78 Å². The van der Waals surface area contributed by atoms with Crippen molar-refractivity contribution in [3.8, 4) is 5.69 Å². The molecule has 9 heteroatoms. The SMILES string of the molecule is C[C@]12Cc3cnn(-c4ccc(F)cc4)c3C=C1CC[C@@H]2CN(CC1CC1)S(=O)(=O)c1ccc(F)cc1Cl. The average molecular weight is 544 g/mol. The van der Waals surface area contributed by atoms with E-state index in [2.05, 4.69) is 18.1 Å². The second-order valence-electron chi connectivity index (χ2n) is 10.8. The first-order valence-electron chi connectivity index (χ1n) is 12.6. The molecule has 6 rings (SSSR count). The Morgan fingerprint density at radius 2 is 1.81 bits per heavy atom. The van der Waals surface area contributed by atoms with E-state index in [1.165, 1.54) is 23.8 Å². The first-order chi connectivity index (χ1) is 17.6. The van der Waals surface area contributed by atoms with Crippen LogP contribution in [0, 0.1) is 28.9 Å². The molecule has 5 nitrogen and oxygen atoms in total. The van der Waals surface area contributed by atoms with Crippen LogP contribution in [0.5, 0.6) is 0 Å². The highest BCUT2D eigenvalue weighted by molar-refractivity contribution is 7.89. The monoisotopic (exact) mass is 543 g/mol. The molecule has 0 saturated heterocycles. The summed E-state index contributed by atoms with van der Waals surface area (Å²) < 4.78 is 58.0. The van der Waals surface area contributed by atoms with Gasteiger partial charge in [-0.05, 0) is 103 Å². The number of halogens is 3. The van der Waals surface area contributed by atoms with E-state index in [1.807, 2.05) is 10.9 Å². The lowest BCUT2D eigenvalue weighted by molar-refractivity contribution is 0.218. The highest BCUT2D eigenvalue weighted by Gasteiger charge is 2.47. The molecule has 0 bridgehead atoms. The summed E-state index contributed by atoms with van der Waals surface area (Å²) in [5.74, 6) is -0.379. The summed E-state index contributed by atoms with van der Waals surface area (Å²) >= 11 is 6.20. The summed E-state index contributed by atoms with van der Waals surface area (Å²) in [6.07, 6.45) is 8.60. The third-order valence-electron chi connectivity index (χ3n) is 8.32. The largest absolute Gasteiger partial charge is 0.244 e. The number of nitrogens with zero attached hydrogens (tertiary/aromatic N) is 3. The zero-order chi connectivity index (χ0) is 25.9. The maximum Gasteiger partial charge on any atom is 0.244 e. The van der Waals surface area contributed by atoms with E-state index in [1.54, 1.807) is 16.4 Å². The molecule has 37 heavy (non-hydrogen) atoms. The van der Waals surface area contributed by atoms with Crippen LogP contribution in [0.25, 0.3) is 11.8 Å². The Morgan fingerprint density at radius 3 is 2.51 bits per heavy atom. The van der Waals surface area contributed by atoms with Gasteiger partial charge in [0.15, 0.2) is 0 Å². The molecular formula is C28H28ClF2N3O2S.